The third-order valence-corrected chi connectivity index (χ3v) is 2.60. The van der Waals surface area contributed by atoms with Crippen molar-refractivity contribution in [2.75, 3.05) is 0 Å². The summed E-state index contributed by atoms with van der Waals surface area (Å²) < 4.78 is 0. The number of Topliss-reactive ketones (excluding diaryl/α,β-unsaturated/α-hetero) is 1. The van der Waals surface area contributed by atoms with Crippen LogP contribution >= 0.6 is 0 Å². The van der Waals surface area contributed by atoms with Gasteiger partial charge >= 0.3 is 0 Å². The Morgan fingerprint density at radius 1 is 1.28 bits per heavy atom. The molecule has 92 valence electrons. The minimum atomic E-state index is -0.238. The fourth-order valence-corrected chi connectivity index (χ4v) is 1.84. The molecule has 0 saturated heterocycles. The molecule has 0 spiro atoms. The van der Waals surface area contributed by atoms with E-state index in [0.29, 0.717) is 16.7 Å². The Morgan fingerprint density at radius 2 is 2.00 bits per heavy atom. The predicted octanol–water partition coefficient (Wildman–Crippen LogP) is -0.661. The van der Waals surface area contributed by atoms with E-state index < -0.39 is 0 Å². The summed E-state index contributed by atoms with van der Waals surface area (Å²) in [7, 11) is 0. The van der Waals surface area contributed by atoms with Crippen LogP contribution in [0.15, 0.2) is 28.4 Å². The second-order valence-corrected chi connectivity index (χ2v) is 3.82. The molecule has 0 heterocycles. The molecule has 0 amide bonds. The zero-order chi connectivity index (χ0) is 13.3. The number of nitrogens with zero attached hydrogens (tertiary/aromatic N) is 2. The third kappa shape index (κ3) is 1.93. The first-order chi connectivity index (χ1) is 8.50. The molecule has 7 nitrogen and oxygen atoms in total. The van der Waals surface area contributed by atoms with Crippen molar-refractivity contribution in [3.8, 4) is 0 Å². The van der Waals surface area contributed by atoms with E-state index in [-0.39, 0.29) is 29.7 Å². The van der Waals surface area contributed by atoms with Crippen LogP contribution in [0.4, 0.5) is 0 Å². The lowest BCUT2D eigenvalue weighted by Crippen LogP contribution is -2.22. The van der Waals surface area contributed by atoms with Gasteiger partial charge in [0.2, 0.25) is 11.7 Å². The maximum absolute atomic E-state index is 12.0. The van der Waals surface area contributed by atoms with E-state index in [1.54, 1.807) is 18.2 Å². The van der Waals surface area contributed by atoms with Gasteiger partial charge in [-0.1, -0.05) is 18.2 Å². The Hall–Kier alpha value is -2.70. The highest BCUT2D eigenvalue weighted by molar-refractivity contribution is 6.49. The summed E-state index contributed by atoms with van der Waals surface area (Å²) >= 11 is 0. The zero-order valence-electron chi connectivity index (χ0n) is 9.47. The first kappa shape index (κ1) is 11.8. The highest BCUT2D eigenvalue weighted by Crippen LogP contribution is 2.24. The van der Waals surface area contributed by atoms with Gasteiger partial charge in [0.1, 0.15) is 11.5 Å². The Morgan fingerprint density at radius 3 is 2.61 bits per heavy atom. The molecule has 0 aromatic heterocycles. The van der Waals surface area contributed by atoms with E-state index in [1.807, 2.05) is 0 Å². The Kier molecular flexibility index (Phi) is 2.80. The SMILES string of the molecule is N=C(N)c1cccc2c1CC(=NN=C(N)N)C2=O. The van der Waals surface area contributed by atoms with Crippen molar-refractivity contribution in [2.45, 2.75) is 6.42 Å². The molecule has 0 unspecified atom stereocenters. The van der Waals surface area contributed by atoms with Crippen molar-refractivity contribution in [1.82, 2.24) is 0 Å². The van der Waals surface area contributed by atoms with Crippen LogP contribution in [0, 0.1) is 5.41 Å². The molecule has 0 atom stereocenters. The highest BCUT2D eigenvalue weighted by atomic mass is 16.1. The molecule has 1 aromatic rings. The first-order valence-corrected chi connectivity index (χ1v) is 5.17. The van der Waals surface area contributed by atoms with Crippen molar-refractivity contribution in [2.24, 2.45) is 27.4 Å². The summed E-state index contributed by atoms with van der Waals surface area (Å²) in [6, 6.07) is 5.04. The molecule has 0 saturated carbocycles. The van der Waals surface area contributed by atoms with Crippen molar-refractivity contribution in [1.29, 1.82) is 5.41 Å². The molecule has 0 aliphatic heterocycles. The minimum Gasteiger partial charge on any atom is -0.384 e. The van der Waals surface area contributed by atoms with Crippen LogP contribution in [0.5, 0.6) is 0 Å². The smallest absolute Gasteiger partial charge is 0.211 e. The van der Waals surface area contributed by atoms with Gasteiger partial charge in [-0.2, -0.15) is 0 Å². The van der Waals surface area contributed by atoms with Gasteiger partial charge < -0.3 is 17.2 Å². The third-order valence-electron chi connectivity index (χ3n) is 2.60. The fraction of sp³-hybridized carbons (Fsp3) is 0.0909. The van der Waals surface area contributed by atoms with Gasteiger partial charge in [0.05, 0.1) is 0 Å². The minimum absolute atomic E-state index is 0.0808. The summed E-state index contributed by atoms with van der Waals surface area (Å²) in [4.78, 5) is 12.0. The number of nitrogens with one attached hydrogen (secondary N) is 1. The molecule has 0 fully saturated rings. The average molecular weight is 244 g/mol. The lowest BCUT2D eigenvalue weighted by molar-refractivity contribution is 0.106. The predicted molar refractivity (Wildman–Crippen MR) is 68.7 cm³/mol. The number of amidine groups is 1. The first-order valence-electron chi connectivity index (χ1n) is 5.17. The van der Waals surface area contributed by atoms with Crippen molar-refractivity contribution >= 4 is 23.3 Å². The Bertz CT molecular complexity index is 598. The number of rotatable bonds is 2. The fourth-order valence-electron chi connectivity index (χ4n) is 1.84. The van der Waals surface area contributed by atoms with Gasteiger partial charge in [0.25, 0.3) is 0 Å². The van der Waals surface area contributed by atoms with Gasteiger partial charge in [0, 0.05) is 17.5 Å². The summed E-state index contributed by atoms with van der Waals surface area (Å²) in [6.45, 7) is 0. The van der Waals surface area contributed by atoms with Crippen LogP contribution in [-0.4, -0.2) is 23.3 Å². The van der Waals surface area contributed by atoms with Gasteiger partial charge in [0.15, 0.2) is 0 Å². The number of guanidine groups is 1. The Balaban J connectivity index is 2.48. The molecular formula is C11H12N6O. The number of nitrogen functional groups attached to an aromatic ring is 1. The number of benzene rings is 1. The van der Waals surface area contributed by atoms with E-state index in [0.717, 1.165) is 0 Å². The van der Waals surface area contributed by atoms with Gasteiger partial charge in [-0.15, -0.1) is 10.2 Å². The molecule has 1 aromatic carbocycles. The number of carbonyl (C=O) groups is 1. The van der Waals surface area contributed by atoms with Crippen LogP contribution in [0.3, 0.4) is 0 Å². The molecule has 7 heteroatoms. The summed E-state index contributed by atoms with van der Waals surface area (Å²) in [6.07, 6.45) is 0.278. The molecule has 0 bridgehead atoms. The summed E-state index contributed by atoms with van der Waals surface area (Å²) in [5, 5.41) is 14.6. The molecular weight excluding hydrogens is 232 g/mol. The zero-order valence-corrected chi connectivity index (χ0v) is 9.47. The molecule has 1 aliphatic rings. The Labute approximate surface area is 103 Å². The maximum Gasteiger partial charge on any atom is 0.211 e. The molecule has 18 heavy (non-hydrogen) atoms. The largest absolute Gasteiger partial charge is 0.384 e. The number of ketones is 1. The lowest BCUT2D eigenvalue weighted by atomic mass is 10.0. The van der Waals surface area contributed by atoms with Crippen molar-refractivity contribution in [3.63, 3.8) is 0 Å². The van der Waals surface area contributed by atoms with Crippen LogP contribution < -0.4 is 17.2 Å². The molecule has 2 rings (SSSR count). The monoisotopic (exact) mass is 244 g/mol. The number of hydrogen-bond acceptors (Lipinski definition) is 4. The van der Waals surface area contributed by atoms with Crippen LogP contribution in [0.1, 0.15) is 21.5 Å². The van der Waals surface area contributed by atoms with E-state index in [2.05, 4.69) is 10.2 Å². The number of hydrogen-bond donors (Lipinski definition) is 4. The van der Waals surface area contributed by atoms with Crippen LogP contribution in [-0.2, 0) is 6.42 Å². The summed E-state index contributed by atoms with van der Waals surface area (Å²) in [5.74, 6) is -0.529. The number of fused-ring (bicyclic) bond motifs is 1. The van der Waals surface area contributed by atoms with Gasteiger partial charge in [-0.25, -0.2) is 0 Å². The van der Waals surface area contributed by atoms with Crippen LogP contribution in [0.25, 0.3) is 0 Å². The van der Waals surface area contributed by atoms with Crippen molar-refractivity contribution in [3.05, 3.63) is 34.9 Å². The van der Waals surface area contributed by atoms with Gasteiger partial charge in [-0.3, -0.25) is 10.2 Å². The normalized spacial score (nSPS) is 15.6. The van der Waals surface area contributed by atoms with E-state index in [9.17, 15) is 4.79 Å². The van der Waals surface area contributed by atoms with E-state index in [4.69, 9.17) is 22.6 Å². The molecule has 1 aliphatic carbocycles. The highest BCUT2D eigenvalue weighted by Gasteiger charge is 2.29. The maximum atomic E-state index is 12.0. The second kappa shape index (κ2) is 4.28. The van der Waals surface area contributed by atoms with Gasteiger partial charge in [-0.05, 0) is 5.56 Å². The number of nitrogens with two attached hydrogens (primary N) is 3. The number of carbonyl (C=O) groups excluding carboxylic acids is 1. The van der Waals surface area contributed by atoms with E-state index in [1.165, 1.54) is 0 Å². The quantitative estimate of drug-likeness (QED) is 0.311. The lowest BCUT2D eigenvalue weighted by Gasteiger charge is -2.03. The second-order valence-electron chi connectivity index (χ2n) is 3.82. The molecule has 7 N–H and O–H groups in total. The molecule has 0 radical (unpaired) electrons. The standard InChI is InChI=1S/C11H12N6O/c12-10(13)6-3-1-2-5-7(6)4-8(9(5)18)16-17-11(14)15/h1-3H,4H2,(H3,12,13)(H4,14,15,17). The van der Waals surface area contributed by atoms with Crippen LogP contribution in [0.2, 0.25) is 0 Å². The topological polar surface area (TPSA) is 144 Å². The van der Waals surface area contributed by atoms with Crippen molar-refractivity contribution < 1.29 is 4.79 Å². The van der Waals surface area contributed by atoms with E-state index >= 15 is 0 Å². The summed E-state index contributed by atoms with van der Waals surface area (Å²) in [5.41, 5.74) is 17.7. The average Bonchev–Trinajstić information content (AvgIpc) is 2.63.